The zero-order valence-electron chi connectivity index (χ0n) is 9.22. The summed E-state index contributed by atoms with van der Waals surface area (Å²) in [6.07, 6.45) is -4.32. The highest BCUT2D eigenvalue weighted by Crippen LogP contribution is 2.27. The van der Waals surface area contributed by atoms with E-state index in [0.717, 1.165) is 10.0 Å². The van der Waals surface area contributed by atoms with Crippen LogP contribution in [0.3, 0.4) is 0 Å². The van der Waals surface area contributed by atoms with Crippen molar-refractivity contribution in [1.82, 2.24) is 0 Å². The van der Waals surface area contributed by atoms with Crippen LogP contribution in [-0.2, 0) is 0 Å². The van der Waals surface area contributed by atoms with Crippen LogP contribution in [0.2, 0.25) is 0 Å². The van der Waals surface area contributed by atoms with Gasteiger partial charge in [0.05, 0.1) is 0 Å². The number of halogens is 4. The highest BCUT2D eigenvalue weighted by atomic mass is 79.9. The maximum Gasteiger partial charge on any atom is 0.396 e. The third-order valence-electron chi connectivity index (χ3n) is 2.33. The van der Waals surface area contributed by atoms with Gasteiger partial charge in [0.25, 0.3) is 0 Å². The molecule has 1 aromatic rings. The molecule has 1 aromatic carbocycles. The molecule has 0 aromatic heterocycles. The van der Waals surface area contributed by atoms with Crippen LogP contribution in [0.4, 0.5) is 13.2 Å². The fourth-order valence-electron chi connectivity index (χ4n) is 1.20. The molecule has 17 heavy (non-hydrogen) atoms. The molecule has 2 nitrogen and oxygen atoms in total. The highest BCUT2D eigenvalue weighted by Gasteiger charge is 2.39. The molecule has 6 heteroatoms. The van der Waals surface area contributed by atoms with Crippen LogP contribution in [0.25, 0.3) is 0 Å². The smallest absolute Gasteiger partial charge is 0.396 e. The summed E-state index contributed by atoms with van der Waals surface area (Å²) in [5, 5.41) is 0. The van der Waals surface area contributed by atoms with Gasteiger partial charge in [-0.25, -0.2) is 0 Å². The number of rotatable bonds is 4. The van der Waals surface area contributed by atoms with Crippen LogP contribution >= 0.6 is 15.9 Å². The van der Waals surface area contributed by atoms with Crippen molar-refractivity contribution in [2.24, 2.45) is 11.7 Å². The monoisotopic (exact) mass is 311 g/mol. The lowest BCUT2D eigenvalue weighted by molar-refractivity contribution is -0.178. The average molecular weight is 312 g/mol. The molecule has 1 unspecified atom stereocenters. The Morgan fingerprint density at radius 3 is 2.53 bits per heavy atom. The minimum Gasteiger partial charge on any atom is -0.493 e. The largest absolute Gasteiger partial charge is 0.493 e. The lowest BCUT2D eigenvalue weighted by atomic mass is 10.1. The Bertz CT molecular complexity index is 381. The van der Waals surface area contributed by atoms with E-state index < -0.39 is 25.2 Å². The Morgan fingerprint density at radius 1 is 1.41 bits per heavy atom. The topological polar surface area (TPSA) is 35.2 Å². The maximum atomic E-state index is 12.4. The van der Waals surface area contributed by atoms with Crippen molar-refractivity contribution in [2.75, 3.05) is 13.2 Å². The summed E-state index contributed by atoms with van der Waals surface area (Å²) in [4.78, 5) is 0. The SMILES string of the molecule is Cc1cc(OCC(CN)C(F)(F)F)ccc1Br. The Balaban J connectivity index is 2.63. The van der Waals surface area contributed by atoms with E-state index >= 15 is 0 Å². The fourth-order valence-corrected chi connectivity index (χ4v) is 1.45. The van der Waals surface area contributed by atoms with Crippen LogP contribution < -0.4 is 10.5 Å². The number of nitrogens with two attached hydrogens (primary N) is 1. The number of benzene rings is 1. The Morgan fingerprint density at radius 2 is 2.06 bits per heavy atom. The van der Waals surface area contributed by atoms with Crippen molar-refractivity contribution in [3.63, 3.8) is 0 Å². The molecular formula is C11H13BrF3NO. The van der Waals surface area contributed by atoms with Crippen molar-refractivity contribution >= 4 is 15.9 Å². The van der Waals surface area contributed by atoms with Crippen LogP contribution in [-0.4, -0.2) is 19.3 Å². The standard InChI is InChI=1S/C11H13BrF3NO/c1-7-4-9(2-3-10(7)12)17-6-8(5-16)11(13,14)15/h2-4,8H,5-6,16H2,1H3. The van der Waals surface area contributed by atoms with E-state index in [1.54, 1.807) is 18.2 Å². The second-order valence-electron chi connectivity index (χ2n) is 3.70. The van der Waals surface area contributed by atoms with E-state index in [4.69, 9.17) is 10.5 Å². The van der Waals surface area contributed by atoms with Gasteiger partial charge in [0.2, 0.25) is 0 Å². The first-order chi connectivity index (χ1) is 7.84. The van der Waals surface area contributed by atoms with Gasteiger partial charge in [0, 0.05) is 11.0 Å². The number of aryl methyl sites for hydroxylation is 1. The Labute approximate surface area is 106 Å². The van der Waals surface area contributed by atoms with Crippen molar-refractivity contribution in [1.29, 1.82) is 0 Å². The molecule has 0 spiro atoms. The van der Waals surface area contributed by atoms with Gasteiger partial charge in [-0.1, -0.05) is 15.9 Å². The number of alkyl halides is 3. The zero-order valence-corrected chi connectivity index (χ0v) is 10.8. The predicted molar refractivity (Wildman–Crippen MR) is 63.0 cm³/mol. The number of hydrogen-bond acceptors (Lipinski definition) is 2. The molecule has 0 amide bonds. The minimum absolute atomic E-state index is 0.411. The van der Waals surface area contributed by atoms with Gasteiger partial charge in [-0.15, -0.1) is 0 Å². The van der Waals surface area contributed by atoms with Gasteiger partial charge >= 0.3 is 6.18 Å². The van der Waals surface area contributed by atoms with Crippen molar-refractivity contribution in [3.05, 3.63) is 28.2 Å². The van der Waals surface area contributed by atoms with Crippen LogP contribution in [0.15, 0.2) is 22.7 Å². The van der Waals surface area contributed by atoms with Gasteiger partial charge in [-0.05, 0) is 30.7 Å². The average Bonchev–Trinajstić information content (AvgIpc) is 2.22. The van der Waals surface area contributed by atoms with Gasteiger partial charge < -0.3 is 10.5 Å². The van der Waals surface area contributed by atoms with Gasteiger partial charge in [-0.3, -0.25) is 0 Å². The summed E-state index contributed by atoms with van der Waals surface area (Å²) >= 11 is 3.30. The summed E-state index contributed by atoms with van der Waals surface area (Å²) in [5.74, 6) is -1.22. The molecule has 2 N–H and O–H groups in total. The molecule has 0 aliphatic carbocycles. The summed E-state index contributed by atoms with van der Waals surface area (Å²) in [6.45, 7) is 0.904. The zero-order chi connectivity index (χ0) is 13.1. The van der Waals surface area contributed by atoms with Crippen LogP contribution in [0.5, 0.6) is 5.75 Å². The summed E-state index contributed by atoms with van der Waals surface area (Å²) < 4.78 is 43.2. The normalized spacial score (nSPS) is 13.5. The summed E-state index contributed by atoms with van der Waals surface area (Å²) in [5.41, 5.74) is 5.97. The third-order valence-corrected chi connectivity index (χ3v) is 3.22. The van der Waals surface area contributed by atoms with Crippen LogP contribution in [0.1, 0.15) is 5.56 Å². The van der Waals surface area contributed by atoms with E-state index in [1.165, 1.54) is 0 Å². The van der Waals surface area contributed by atoms with Crippen molar-refractivity contribution in [2.45, 2.75) is 13.1 Å². The molecule has 1 atom stereocenters. The maximum absolute atomic E-state index is 12.4. The first kappa shape index (κ1) is 14.3. The lowest BCUT2D eigenvalue weighted by Gasteiger charge is -2.19. The molecule has 0 fully saturated rings. The molecule has 0 saturated heterocycles. The molecular weight excluding hydrogens is 299 g/mol. The highest BCUT2D eigenvalue weighted by molar-refractivity contribution is 9.10. The molecule has 0 heterocycles. The summed E-state index contributed by atoms with van der Waals surface area (Å²) in [7, 11) is 0. The summed E-state index contributed by atoms with van der Waals surface area (Å²) in [6, 6.07) is 5.02. The van der Waals surface area contributed by atoms with Gasteiger partial charge in [-0.2, -0.15) is 13.2 Å². The lowest BCUT2D eigenvalue weighted by Crippen LogP contribution is -2.35. The van der Waals surface area contributed by atoms with Crippen molar-refractivity contribution < 1.29 is 17.9 Å². The fraction of sp³-hybridized carbons (Fsp3) is 0.455. The minimum atomic E-state index is -4.32. The van der Waals surface area contributed by atoms with Crippen molar-refractivity contribution in [3.8, 4) is 5.75 Å². The second-order valence-corrected chi connectivity index (χ2v) is 4.55. The van der Waals surface area contributed by atoms with E-state index in [2.05, 4.69) is 15.9 Å². The van der Waals surface area contributed by atoms with E-state index in [0.29, 0.717) is 5.75 Å². The molecule has 0 saturated carbocycles. The first-order valence-corrected chi connectivity index (χ1v) is 5.79. The molecule has 96 valence electrons. The molecule has 0 radical (unpaired) electrons. The first-order valence-electron chi connectivity index (χ1n) is 5.00. The molecule has 0 aliphatic rings. The number of hydrogen-bond donors (Lipinski definition) is 1. The quantitative estimate of drug-likeness (QED) is 0.926. The Kier molecular flexibility index (Phi) is 4.82. The van der Waals surface area contributed by atoms with Crippen LogP contribution in [0, 0.1) is 12.8 Å². The third kappa shape index (κ3) is 4.20. The molecule has 0 aliphatic heterocycles. The molecule has 0 bridgehead atoms. The van der Waals surface area contributed by atoms with E-state index in [1.807, 2.05) is 6.92 Å². The number of ether oxygens (including phenoxy) is 1. The predicted octanol–water partition coefficient (Wildman–Crippen LogP) is 3.27. The van der Waals surface area contributed by atoms with Gasteiger partial charge in [0.1, 0.15) is 18.3 Å². The Hall–Kier alpha value is -0.750. The van der Waals surface area contributed by atoms with E-state index in [9.17, 15) is 13.2 Å². The molecule has 1 rings (SSSR count). The van der Waals surface area contributed by atoms with E-state index in [-0.39, 0.29) is 0 Å². The second kappa shape index (κ2) is 5.73. The van der Waals surface area contributed by atoms with Gasteiger partial charge in [0.15, 0.2) is 0 Å².